The molecule has 0 amide bonds. The first-order valence-electron chi connectivity index (χ1n) is 3.87. The fraction of sp³-hybridized carbons (Fsp3) is 0.444. The molecule has 0 aliphatic rings. The second kappa shape index (κ2) is 3.81. The fourth-order valence-corrected chi connectivity index (χ4v) is 1.47. The van der Waals surface area contributed by atoms with Gasteiger partial charge >= 0.3 is 0 Å². The summed E-state index contributed by atoms with van der Waals surface area (Å²) >= 11 is 1.25. The zero-order valence-corrected chi connectivity index (χ0v) is 8.27. The van der Waals surface area contributed by atoms with Crippen LogP contribution in [0.3, 0.4) is 0 Å². The number of carbonyl (C=O) groups is 1. The van der Waals surface area contributed by atoms with Crippen LogP contribution in [0.2, 0.25) is 0 Å². The van der Waals surface area contributed by atoms with Crippen LogP contribution in [0.1, 0.15) is 19.6 Å². The Morgan fingerprint density at radius 3 is 2.67 bits per heavy atom. The molecular weight excluding hydrogens is 172 g/mol. The summed E-state index contributed by atoms with van der Waals surface area (Å²) in [5.41, 5.74) is 0. The Morgan fingerprint density at radius 2 is 2.25 bits per heavy atom. The van der Waals surface area contributed by atoms with Gasteiger partial charge in [-0.2, -0.15) is 0 Å². The Hall–Kier alpha value is -0.700. The van der Waals surface area contributed by atoms with Crippen molar-refractivity contribution in [3.05, 3.63) is 18.1 Å². The summed E-state index contributed by atoms with van der Waals surface area (Å²) in [6.45, 7) is 5.64. The van der Waals surface area contributed by atoms with E-state index in [1.165, 1.54) is 11.8 Å². The molecule has 3 heteroatoms. The van der Waals surface area contributed by atoms with Crippen LogP contribution in [-0.4, -0.2) is 5.12 Å². The zero-order valence-electron chi connectivity index (χ0n) is 7.46. The molecule has 0 bridgehead atoms. The second-order valence-corrected chi connectivity index (χ2v) is 3.96. The van der Waals surface area contributed by atoms with Gasteiger partial charge in [0, 0.05) is 5.92 Å². The van der Waals surface area contributed by atoms with Crippen LogP contribution in [-0.2, 0) is 4.79 Å². The maximum absolute atomic E-state index is 11.3. The molecule has 0 radical (unpaired) electrons. The molecule has 12 heavy (non-hydrogen) atoms. The van der Waals surface area contributed by atoms with Crippen molar-refractivity contribution in [3.8, 4) is 0 Å². The molecule has 0 aliphatic heterocycles. The van der Waals surface area contributed by atoms with E-state index in [4.69, 9.17) is 4.42 Å². The predicted octanol–water partition coefficient (Wildman–Crippen LogP) is 2.86. The maximum Gasteiger partial charge on any atom is 0.196 e. The van der Waals surface area contributed by atoms with Gasteiger partial charge in [0.1, 0.15) is 5.76 Å². The third kappa shape index (κ3) is 2.14. The quantitative estimate of drug-likeness (QED) is 0.662. The van der Waals surface area contributed by atoms with Crippen LogP contribution in [0.25, 0.3) is 0 Å². The van der Waals surface area contributed by atoms with E-state index in [1.54, 1.807) is 6.26 Å². The van der Waals surface area contributed by atoms with Crippen LogP contribution >= 0.6 is 11.8 Å². The number of furan rings is 1. The van der Waals surface area contributed by atoms with Gasteiger partial charge < -0.3 is 4.42 Å². The molecule has 0 atom stereocenters. The Morgan fingerprint density at radius 1 is 1.58 bits per heavy atom. The molecule has 0 aliphatic carbocycles. The molecule has 0 unspecified atom stereocenters. The number of hydrogen-bond donors (Lipinski definition) is 0. The largest absolute Gasteiger partial charge is 0.468 e. The van der Waals surface area contributed by atoms with E-state index >= 15 is 0 Å². The first-order chi connectivity index (χ1) is 5.61. The number of rotatable bonds is 2. The summed E-state index contributed by atoms with van der Waals surface area (Å²) in [4.78, 5) is 12.2. The summed E-state index contributed by atoms with van der Waals surface area (Å²) in [5, 5.41) is 0.180. The molecule has 2 nitrogen and oxygen atoms in total. The number of aryl methyl sites for hydroxylation is 1. The van der Waals surface area contributed by atoms with Gasteiger partial charge in [-0.3, -0.25) is 4.79 Å². The van der Waals surface area contributed by atoms with E-state index in [9.17, 15) is 4.79 Å². The van der Waals surface area contributed by atoms with Crippen molar-refractivity contribution < 1.29 is 9.21 Å². The third-order valence-electron chi connectivity index (χ3n) is 1.49. The highest BCUT2D eigenvalue weighted by atomic mass is 32.2. The monoisotopic (exact) mass is 184 g/mol. The van der Waals surface area contributed by atoms with Gasteiger partial charge in [0.05, 0.1) is 11.2 Å². The van der Waals surface area contributed by atoms with Gasteiger partial charge in [0.25, 0.3) is 0 Å². The number of hydrogen-bond acceptors (Lipinski definition) is 3. The van der Waals surface area contributed by atoms with E-state index in [1.807, 2.05) is 26.8 Å². The Kier molecular flexibility index (Phi) is 2.98. The molecule has 0 aromatic carbocycles. The van der Waals surface area contributed by atoms with Crippen molar-refractivity contribution in [2.24, 2.45) is 5.92 Å². The molecule has 66 valence electrons. The minimum absolute atomic E-state index is 0.0734. The number of thioether (sulfide) groups is 1. The molecule has 0 saturated carbocycles. The lowest BCUT2D eigenvalue weighted by atomic mass is 10.3. The van der Waals surface area contributed by atoms with Crippen LogP contribution in [0.15, 0.2) is 21.6 Å². The van der Waals surface area contributed by atoms with Crippen molar-refractivity contribution in [2.75, 3.05) is 0 Å². The van der Waals surface area contributed by atoms with Crippen LogP contribution in [0, 0.1) is 12.8 Å². The summed E-state index contributed by atoms with van der Waals surface area (Å²) in [6.07, 6.45) is 1.60. The average molecular weight is 184 g/mol. The van der Waals surface area contributed by atoms with Crippen molar-refractivity contribution in [3.63, 3.8) is 0 Å². The first kappa shape index (κ1) is 9.39. The van der Waals surface area contributed by atoms with Crippen LogP contribution in [0.4, 0.5) is 0 Å². The predicted molar refractivity (Wildman–Crippen MR) is 49.1 cm³/mol. The van der Waals surface area contributed by atoms with Gasteiger partial charge in [-0.05, 0) is 24.8 Å². The van der Waals surface area contributed by atoms with Crippen molar-refractivity contribution in [1.82, 2.24) is 0 Å². The highest BCUT2D eigenvalue weighted by Gasteiger charge is 2.11. The second-order valence-electron chi connectivity index (χ2n) is 2.92. The highest BCUT2D eigenvalue weighted by Crippen LogP contribution is 2.25. The van der Waals surface area contributed by atoms with Crippen molar-refractivity contribution in [2.45, 2.75) is 25.7 Å². The topological polar surface area (TPSA) is 30.2 Å². The summed E-state index contributed by atoms with van der Waals surface area (Å²) in [5.74, 6) is 0.887. The Balaban J connectivity index is 2.64. The minimum atomic E-state index is 0.0734. The fourth-order valence-electron chi connectivity index (χ4n) is 0.705. The Labute approximate surface area is 76.3 Å². The lowest BCUT2D eigenvalue weighted by Gasteiger charge is -2.00. The van der Waals surface area contributed by atoms with E-state index in [0.29, 0.717) is 0 Å². The zero-order chi connectivity index (χ0) is 9.14. The molecule has 1 heterocycles. The van der Waals surface area contributed by atoms with Crippen LogP contribution < -0.4 is 0 Å². The van der Waals surface area contributed by atoms with E-state index in [-0.39, 0.29) is 11.0 Å². The molecule has 1 aromatic rings. The van der Waals surface area contributed by atoms with E-state index in [2.05, 4.69) is 0 Å². The lowest BCUT2D eigenvalue weighted by molar-refractivity contribution is -0.113. The van der Waals surface area contributed by atoms with Crippen LogP contribution in [0.5, 0.6) is 0 Å². The summed E-state index contributed by atoms with van der Waals surface area (Å²) < 4.78 is 5.07. The molecule has 0 fully saturated rings. The smallest absolute Gasteiger partial charge is 0.196 e. The lowest BCUT2D eigenvalue weighted by Crippen LogP contribution is -2.00. The van der Waals surface area contributed by atoms with Crippen molar-refractivity contribution in [1.29, 1.82) is 0 Å². The highest BCUT2D eigenvalue weighted by molar-refractivity contribution is 8.13. The molecule has 1 aromatic heterocycles. The summed E-state index contributed by atoms with van der Waals surface area (Å²) in [6, 6.07) is 1.82. The molecule has 0 spiro atoms. The first-order valence-corrected chi connectivity index (χ1v) is 4.68. The molecule has 1 rings (SSSR count). The normalized spacial score (nSPS) is 10.7. The van der Waals surface area contributed by atoms with Gasteiger partial charge in [-0.1, -0.05) is 13.8 Å². The van der Waals surface area contributed by atoms with Gasteiger partial charge in [-0.15, -0.1) is 0 Å². The van der Waals surface area contributed by atoms with Gasteiger partial charge in [0.15, 0.2) is 5.12 Å². The van der Waals surface area contributed by atoms with Crippen molar-refractivity contribution >= 4 is 16.9 Å². The third-order valence-corrected chi connectivity index (χ3v) is 2.81. The van der Waals surface area contributed by atoms with E-state index < -0.39 is 0 Å². The Bertz CT molecular complexity index is 276. The van der Waals surface area contributed by atoms with Gasteiger partial charge in [0.2, 0.25) is 0 Å². The summed E-state index contributed by atoms with van der Waals surface area (Å²) in [7, 11) is 0. The average Bonchev–Trinajstić information content (AvgIpc) is 2.36. The molecule has 0 N–H and O–H groups in total. The minimum Gasteiger partial charge on any atom is -0.468 e. The molecule has 0 saturated heterocycles. The standard InChI is InChI=1S/C9H12O2S/c1-6(2)9(10)12-8-4-5-11-7(8)3/h4-6H,1-3H3. The SMILES string of the molecule is Cc1occc1SC(=O)C(C)C. The number of carbonyl (C=O) groups excluding carboxylic acids is 1. The van der Waals surface area contributed by atoms with E-state index in [0.717, 1.165) is 10.7 Å². The van der Waals surface area contributed by atoms with Gasteiger partial charge in [-0.25, -0.2) is 0 Å². The molecular formula is C9H12O2S. The maximum atomic E-state index is 11.3.